The molecule has 0 unspecified atom stereocenters. The Balaban J connectivity index is 1.26. The second-order valence-corrected chi connectivity index (χ2v) is 11.2. The summed E-state index contributed by atoms with van der Waals surface area (Å²) in [5.41, 5.74) is -0.967. The summed E-state index contributed by atoms with van der Waals surface area (Å²) in [5.74, 6) is 0.689. The van der Waals surface area contributed by atoms with Gasteiger partial charge in [0.05, 0.1) is 24.2 Å². The first kappa shape index (κ1) is 27.8. The van der Waals surface area contributed by atoms with Crippen LogP contribution in [0.3, 0.4) is 0 Å². The lowest BCUT2D eigenvalue weighted by Crippen LogP contribution is -2.58. The Kier molecular flexibility index (Phi) is 7.14. The number of rotatable bonds is 7. The molecule has 2 atom stereocenters. The molecule has 0 bridgehead atoms. The van der Waals surface area contributed by atoms with Crippen LogP contribution in [0.5, 0.6) is 5.75 Å². The van der Waals surface area contributed by atoms with Gasteiger partial charge in [-0.3, -0.25) is 4.79 Å². The van der Waals surface area contributed by atoms with Gasteiger partial charge in [-0.15, -0.1) is 0 Å². The number of hydrogen-bond donors (Lipinski definition) is 1. The molecule has 0 radical (unpaired) electrons. The van der Waals surface area contributed by atoms with E-state index in [1.54, 1.807) is 0 Å². The second-order valence-electron chi connectivity index (χ2n) is 11.2. The van der Waals surface area contributed by atoms with Crippen molar-refractivity contribution < 1.29 is 40.6 Å². The summed E-state index contributed by atoms with van der Waals surface area (Å²) < 4.78 is 91.1. The second kappa shape index (κ2) is 10.0. The summed E-state index contributed by atoms with van der Waals surface area (Å²) in [7, 11) is 1.39. The van der Waals surface area contributed by atoms with E-state index in [1.165, 1.54) is 7.11 Å². The number of halogens is 6. The third-order valence-corrected chi connectivity index (χ3v) is 8.45. The molecule has 0 amide bonds. The van der Waals surface area contributed by atoms with Gasteiger partial charge in [0.1, 0.15) is 11.4 Å². The number of esters is 1. The fourth-order valence-corrected chi connectivity index (χ4v) is 6.20. The molecule has 1 heterocycles. The first-order chi connectivity index (χ1) is 18.3. The smallest absolute Gasteiger partial charge is 0.416 e. The van der Waals surface area contributed by atoms with Crippen molar-refractivity contribution in [2.75, 3.05) is 7.11 Å². The molecule has 10 heteroatoms. The number of carbonyl (C=O) groups excluding carboxylic acids is 1. The number of fused-ring (bicyclic) bond motifs is 1. The molecule has 1 N–H and O–H groups in total. The van der Waals surface area contributed by atoms with Crippen LogP contribution < -0.4 is 10.1 Å². The van der Waals surface area contributed by atoms with E-state index in [1.807, 2.05) is 19.1 Å². The Labute approximate surface area is 223 Å². The maximum absolute atomic E-state index is 13.4. The minimum Gasteiger partial charge on any atom is -0.487 e. The van der Waals surface area contributed by atoms with E-state index in [-0.39, 0.29) is 30.4 Å². The maximum atomic E-state index is 13.4. The molecule has 5 rings (SSSR count). The van der Waals surface area contributed by atoms with Crippen LogP contribution in [0.15, 0.2) is 36.4 Å². The zero-order chi connectivity index (χ0) is 28.2. The average molecular weight is 556 g/mol. The quantitative estimate of drug-likeness (QED) is 0.294. The van der Waals surface area contributed by atoms with Crippen LogP contribution in [-0.2, 0) is 34.8 Å². The molecule has 2 aliphatic carbocycles. The highest BCUT2D eigenvalue weighted by atomic mass is 19.4. The van der Waals surface area contributed by atoms with E-state index in [2.05, 4.69) is 11.4 Å². The number of ether oxygens (including phenoxy) is 2. The average Bonchev–Trinajstić information content (AvgIpc) is 3.69. The number of hydrogen-bond acceptors (Lipinski definition) is 4. The summed E-state index contributed by atoms with van der Waals surface area (Å²) >= 11 is 0. The fraction of sp³-hybridized carbons (Fsp3) is 0.552. The SMILES string of the molecule is COC(=O)[C@@H](C)[C@H](c1ccc2c(c1)OC1(CC2)CC(NCc2cc(C(F)(F)F)ccc2C(F)(F)F)C1)C1CC1. The van der Waals surface area contributed by atoms with Crippen molar-refractivity contribution >= 4 is 5.97 Å². The minimum atomic E-state index is -4.75. The normalized spacial score (nSPS) is 24.4. The van der Waals surface area contributed by atoms with Crippen molar-refractivity contribution in [2.24, 2.45) is 11.8 Å². The van der Waals surface area contributed by atoms with E-state index in [0.29, 0.717) is 37.0 Å². The predicted molar refractivity (Wildman–Crippen MR) is 131 cm³/mol. The van der Waals surface area contributed by atoms with Crippen LogP contribution in [-0.4, -0.2) is 24.7 Å². The Hall–Kier alpha value is -2.75. The lowest BCUT2D eigenvalue weighted by molar-refractivity contribution is -0.146. The number of aryl methyl sites for hydroxylation is 1. The van der Waals surface area contributed by atoms with Crippen molar-refractivity contribution in [1.82, 2.24) is 5.32 Å². The van der Waals surface area contributed by atoms with Crippen molar-refractivity contribution in [2.45, 2.75) is 81.9 Å². The van der Waals surface area contributed by atoms with E-state index < -0.39 is 34.6 Å². The number of carbonyl (C=O) groups is 1. The van der Waals surface area contributed by atoms with E-state index in [4.69, 9.17) is 9.47 Å². The highest BCUT2D eigenvalue weighted by Crippen LogP contribution is 2.50. The maximum Gasteiger partial charge on any atom is 0.416 e. The van der Waals surface area contributed by atoms with Gasteiger partial charge in [0.15, 0.2) is 0 Å². The number of methoxy groups -OCH3 is 1. The number of alkyl halides is 6. The monoisotopic (exact) mass is 555 g/mol. The molecule has 2 saturated carbocycles. The lowest BCUT2D eigenvalue weighted by Gasteiger charge is -2.50. The summed E-state index contributed by atoms with van der Waals surface area (Å²) in [6.45, 7) is 1.56. The van der Waals surface area contributed by atoms with Crippen molar-refractivity contribution in [1.29, 1.82) is 0 Å². The van der Waals surface area contributed by atoms with Crippen LogP contribution in [0.1, 0.15) is 72.8 Å². The molecule has 2 fully saturated rings. The Bertz CT molecular complexity index is 1230. The van der Waals surface area contributed by atoms with E-state index >= 15 is 0 Å². The summed E-state index contributed by atoms with van der Waals surface area (Å²) in [6, 6.07) is 7.47. The summed E-state index contributed by atoms with van der Waals surface area (Å²) in [5, 5.41) is 3.01. The van der Waals surface area contributed by atoms with Gasteiger partial charge in [-0.05, 0) is 78.5 Å². The molecular weight excluding hydrogens is 524 g/mol. The zero-order valence-electron chi connectivity index (χ0n) is 21.7. The number of nitrogens with one attached hydrogen (secondary N) is 1. The van der Waals surface area contributed by atoms with Crippen molar-refractivity contribution in [3.05, 3.63) is 64.2 Å². The van der Waals surface area contributed by atoms with Crippen molar-refractivity contribution in [3.63, 3.8) is 0 Å². The standard InChI is InChI=1S/C29H31F6NO3/c1-16(26(37)38-2)25(18-4-5-18)19-6-3-17-9-10-27(39-24(17)12-19)13-22(14-27)36-15-20-11-21(28(30,31)32)7-8-23(20)29(33,34)35/h3,6-8,11-12,16,18,22,25,36H,4-5,9-10,13-15H2,1-2H3/t16-,22?,25-,27?/m0/s1. The highest BCUT2D eigenvalue weighted by molar-refractivity contribution is 5.73. The van der Waals surface area contributed by atoms with Crippen molar-refractivity contribution in [3.8, 4) is 5.75 Å². The molecule has 3 aliphatic rings. The Morgan fingerprint density at radius 1 is 1.08 bits per heavy atom. The first-order valence-electron chi connectivity index (χ1n) is 13.2. The van der Waals surface area contributed by atoms with Gasteiger partial charge in [0.25, 0.3) is 0 Å². The van der Waals surface area contributed by atoms with Gasteiger partial charge in [-0.25, -0.2) is 0 Å². The van der Waals surface area contributed by atoms with Gasteiger partial charge in [-0.2, -0.15) is 26.3 Å². The van der Waals surface area contributed by atoms with E-state index in [0.717, 1.165) is 42.6 Å². The lowest BCUT2D eigenvalue weighted by atomic mass is 9.70. The minimum absolute atomic E-state index is 0.0373. The Morgan fingerprint density at radius 2 is 1.79 bits per heavy atom. The number of benzene rings is 2. The predicted octanol–water partition coefficient (Wildman–Crippen LogP) is 7.04. The van der Waals surface area contributed by atoms with Crippen LogP contribution in [0.25, 0.3) is 0 Å². The Morgan fingerprint density at radius 3 is 2.41 bits per heavy atom. The molecule has 2 aromatic rings. The van der Waals surface area contributed by atoms with E-state index in [9.17, 15) is 31.1 Å². The third-order valence-electron chi connectivity index (χ3n) is 8.45. The van der Waals surface area contributed by atoms with Gasteiger partial charge in [-0.1, -0.05) is 19.1 Å². The molecular formula is C29H31F6NO3. The van der Waals surface area contributed by atoms with Gasteiger partial charge in [0, 0.05) is 25.4 Å². The molecule has 39 heavy (non-hydrogen) atoms. The fourth-order valence-electron chi connectivity index (χ4n) is 6.20. The van der Waals surface area contributed by atoms with Gasteiger partial charge >= 0.3 is 18.3 Å². The molecule has 0 aromatic heterocycles. The van der Waals surface area contributed by atoms with Crippen LogP contribution in [0, 0.1) is 11.8 Å². The van der Waals surface area contributed by atoms with Crippen LogP contribution >= 0.6 is 0 Å². The zero-order valence-corrected chi connectivity index (χ0v) is 21.7. The summed E-state index contributed by atoms with van der Waals surface area (Å²) in [6.07, 6.45) is -4.74. The third kappa shape index (κ3) is 5.76. The molecule has 0 saturated heterocycles. The van der Waals surface area contributed by atoms with Gasteiger partial charge in [0.2, 0.25) is 0 Å². The molecule has 4 nitrogen and oxygen atoms in total. The summed E-state index contributed by atoms with van der Waals surface area (Å²) in [4.78, 5) is 12.3. The van der Waals surface area contributed by atoms with Crippen LogP contribution in [0.2, 0.25) is 0 Å². The molecule has 1 spiro atoms. The highest BCUT2D eigenvalue weighted by Gasteiger charge is 2.49. The molecule has 1 aliphatic heterocycles. The largest absolute Gasteiger partial charge is 0.487 e. The first-order valence-corrected chi connectivity index (χ1v) is 13.2. The van der Waals surface area contributed by atoms with Gasteiger partial charge < -0.3 is 14.8 Å². The topological polar surface area (TPSA) is 47.6 Å². The molecule has 2 aromatic carbocycles. The van der Waals surface area contributed by atoms with Crippen LogP contribution in [0.4, 0.5) is 26.3 Å². The molecule has 212 valence electrons.